The zero-order valence-corrected chi connectivity index (χ0v) is 10.6. The van der Waals surface area contributed by atoms with E-state index in [1.54, 1.807) is 24.3 Å². The summed E-state index contributed by atoms with van der Waals surface area (Å²) in [5.74, 6) is 1.03. The van der Waals surface area contributed by atoms with Crippen LogP contribution in [0.3, 0.4) is 0 Å². The van der Waals surface area contributed by atoms with E-state index in [0.29, 0.717) is 0 Å². The van der Waals surface area contributed by atoms with Crippen molar-refractivity contribution >= 4 is 17.6 Å². The second-order valence-corrected chi connectivity index (χ2v) is 5.68. The minimum Gasteiger partial charge on any atom is -0.481 e. The summed E-state index contributed by atoms with van der Waals surface area (Å²) in [7, 11) is 0. The molecule has 100 valence electrons. The standard InChI is InChI=1S/C15H17NO3/c17-14(18)5-9-1-3-13(4-2-9)16-15(19)12-7-10-6-11(10)8-12/h1-4,10-12H,5-8H2,(H,16,19)(H,17,18). The van der Waals surface area contributed by atoms with Crippen LogP contribution in [0.1, 0.15) is 24.8 Å². The summed E-state index contributed by atoms with van der Waals surface area (Å²) in [4.78, 5) is 22.6. The number of carbonyl (C=O) groups is 2. The Bertz CT molecular complexity index is 499. The zero-order valence-electron chi connectivity index (χ0n) is 10.6. The molecule has 1 aromatic rings. The average molecular weight is 259 g/mol. The Labute approximate surface area is 111 Å². The molecule has 0 aliphatic heterocycles. The van der Waals surface area contributed by atoms with Gasteiger partial charge in [0.1, 0.15) is 0 Å². The summed E-state index contributed by atoms with van der Waals surface area (Å²) in [6.07, 6.45) is 3.40. The maximum absolute atomic E-state index is 12.0. The van der Waals surface area contributed by atoms with Crippen molar-refractivity contribution in [2.45, 2.75) is 25.7 Å². The third-order valence-corrected chi connectivity index (χ3v) is 4.19. The molecular weight excluding hydrogens is 242 g/mol. The normalized spacial score (nSPS) is 27.7. The lowest BCUT2D eigenvalue weighted by molar-refractivity contribution is -0.136. The monoisotopic (exact) mass is 259 g/mol. The van der Waals surface area contributed by atoms with E-state index in [1.807, 2.05) is 0 Å². The SMILES string of the molecule is O=C(O)Cc1ccc(NC(=O)C2CC3CC3C2)cc1. The summed E-state index contributed by atoms with van der Waals surface area (Å²) < 4.78 is 0. The van der Waals surface area contributed by atoms with Gasteiger partial charge in [-0.3, -0.25) is 9.59 Å². The minimum absolute atomic E-state index is 0.0141. The van der Waals surface area contributed by atoms with E-state index in [0.717, 1.165) is 35.9 Å². The number of nitrogens with one attached hydrogen (secondary N) is 1. The van der Waals surface area contributed by atoms with Crippen molar-refractivity contribution in [2.24, 2.45) is 17.8 Å². The fourth-order valence-corrected chi connectivity index (χ4v) is 3.05. The second kappa shape index (κ2) is 4.68. The Kier molecular flexibility index (Phi) is 3.01. The van der Waals surface area contributed by atoms with Crippen LogP contribution in [-0.4, -0.2) is 17.0 Å². The van der Waals surface area contributed by atoms with Crippen molar-refractivity contribution in [2.75, 3.05) is 5.32 Å². The molecule has 2 fully saturated rings. The minimum atomic E-state index is -0.845. The van der Waals surface area contributed by atoms with E-state index in [4.69, 9.17) is 5.11 Å². The average Bonchev–Trinajstić information content (AvgIpc) is 2.98. The van der Waals surface area contributed by atoms with Crippen LogP contribution < -0.4 is 5.32 Å². The van der Waals surface area contributed by atoms with Crippen molar-refractivity contribution < 1.29 is 14.7 Å². The van der Waals surface area contributed by atoms with Gasteiger partial charge >= 0.3 is 5.97 Å². The topological polar surface area (TPSA) is 66.4 Å². The van der Waals surface area contributed by atoms with Crippen LogP contribution in [0, 0.1) is 17.8 Å². The van der Waals surface area contributed by atoms with E-state index < -0.39 is 5.97 Å². The van der Waals surface area contributed by atoms with E-state index >= 15 is 0 Å². The molecule has 2 N–H and O–H groups in total. The molecule has 1 aromatic carbocycles. The van der Waals surface area contributed by atoms with Gasteiger partial charge < -0.3 is 10.4 Å². The van der Waals surface area contributed by atoms with Crippen molar-refractivity contribution in [1.82, 2.24) is 0 Å². The van der Waals surface area contributed by atoms with Crippen LogP contribution in [0.4, 0.5) is 5.69 Å². The highest BCUT2D eigenvalue weighted by atomic mass is 16.4. The maximum Gasteiger partial charge on any atom is 0.307 e. The number of benzene rings is 1. The molecular formula is C15H17NO3. The lowest BCUT2D eigenvalue weighted by atomic mass is 10.0. The smallest absolute Gasteiger partial charge is 0.307 e. The first-order chi connectivity index (χ1) is 9.11. The largest absolute Gasteiger partial charge is 0.481 e. The Hall–Kier alpha value is -1.84. The van der Waals surface area contributed by atoms with Crippen LogP contribution in [0.25, 0.3) is 0 Å². The summed E-state index contributed by atoms with van der Waals surface area (Å²) in [6.45, 7) is 0. The molecule has 3 rings (SSSR count). The Morgan fingerprint density at radius 2 is 1.74 bits per heavy atom. The molecule has 19 heavy (non-hydrogen) atoms. The molecule has 0 aromatic heterocycles. The van der Waals surface area contributed by atoms with Gasteiger partial charge in [-0.15, -0.1) is 0 Å². The number of aliphatic carboxylic acids is 1. The number of amides is 1. The first-order valence-corrected chi connectivity index (χ1v) is 6.73. The van der Waals surface area contributed by atoms with Gasteiger partial charge in [0.05, 0.1) is 6.42 Å². The molecule has 4 heteroatoms. The van der Waals surface area contributed by atoms with E-state index in [-0.39, 0.29) is 18.2 Å². The third kappa shape index (κ3) is 2.78. The Morgan fingerprint density at radius 3 is 2.32 bits per heavy atom. The molecule has 2 unspecified atom stereocenters. The van der Waals surface area contributed by atoms with Gasteiger partial charge in [0.25, 0.3) is 0 Å². The molecule has 0 spiro atoms. The third-order valence-electron chi connectivity index (χ3n) is 4.19. The zero-order chi connectivity index (χ0) is 13.4. The molecule has 2 aliphatic rings. The van der Waals surface area contributed by atoms with E-state index in [2.05, 4.69) is 5.32 Å². The molecule has 2 saturated carbocycles. The van der Waals surface area contributed by atoms with Crippen LogP contribution in [0.5, 0.6) is 0 Å². The van der Waals surface area contributed by atoms with Crippen molar-refractivity contribution in [1.29, 1.82) is 0 Å². The number of hydrogen-bond donors (Lipinski definition) is 2. The molecule has 0 saturated heterocycles. The molecule has 2 aliphatic carbocycles. The fourth-order valence-electron chi connectivity index (χ4n) is 3.05. The summed E-state index contributed by atoms with van der Waals surface area (Å²) in [5.41, 5.74) is 1.49. The van der Waals surface area contributed by atoms with E-state index in [1.165, 1.54) is 6.42 Å². The van der Waals surface area contributed by atoms with Crippen molar-refractivity contribution in [3.05, 3.63) is 29.8 Å². The lowest BCUT2D eigenvalue weighted by Crippen LogP contribution is -2.21. The summed E-state index contributed by atoms with van der Waals surface area (Å²) >= 11 is 0. The molecule has 2 atom stereocenters. The van der Waals surface area contributed by atoms with Crippen LogP contribution in [-0.2, 0) is 16.0 Å². The molecule has 0 heterocycles. The highest BCUT2D eigenvalue weighted by molar-refractivity contribution is 5.92. The van der Waals surface area contributed by atoms with Crippen LogP contribution in [0.15, 0.2) is 24.3 Å². The first-order valence-electron chi connectivity index (χ1n) is 6.73. The molecule has 4 nitrogen and oxygen atoms in total. The molecule has 0 bridgehead atoms. The van der Waals surface area contributed by atoms with Gasteiger partial charge in [-0.1, -0.05) is 12.1 Å². The Balaban J connectivity index is 1.57. The quantitative estimate of drug-likeness (QED) is 0.871. The van der Waals surface area contributed by atoms with Gasteiger partial charge in [0.2, 0.25) is 5.91 Å². The van der Waals surface area contributed by atoms with Crippen molar-refractivity contribution in [3.8, 4) is 0 Å². The lowest BCUT2D eigenvalue weighted by Gasteiger charge is -2.12. The van der Waals surface area contributed by atoms with Crippen LogP contribution in [0.2, 0.25) is 0 Å². The van der Waals surface area contributed by atoms with Gasteiger partial charge in [0.15, 0.2) is 0 Å². The molecule has 0 radical (unpaired) electrons. The summed E-state index contributed by atoms with van der Waals surface area (Å²) in [6, 6.07) is 7.03. The van der Waals surface area contributed by atoms with Gasteiger partial charge in [-0.25, -0.2) is 0 Å². The number of rotatable bonds is 4. The number of anilines is 1. The highest BCUT2D eigenvalue weighted by Gasteiger charge is 2.47. The first kappa shape index (κ1) is 12.2. The number of carboxylic acid groups (broad SMARTS) is 1. The highest BCUT2D eigenvalue weighted by Crippen LogP contribution is 2.54. The predicted octanol–water partition coefficient (Wildman–Crippen LogP) is 2.30. The number of carbonyl (C=O) groups excluding carboxylic acids is 1. The number of hydrogen-bond acceptors (Lipinski definition) is 2. The molecule has 1 amide bonds. The number of carboxylic acids is 1. The number of fused-ring (bicyclic) bond motifs is 1. The van der Waals surface area contributed by atoms with Crippen molar-refractivity contribution in [3.63, 3.8) is 0 Å². The van der Waals surface area contributed by atoms with Gasteiger partial charge in [0, 0.05) is 11.6 Å². The van der Waals surface area contributed by atoms with Gasteiger partial charge in [-0.05, 0) is 48.8 Å². The van der Waals surface area contributed by atoms with Crippen LogP contribution >= 0.6 is 0 Å². The maximum atomic E-state index is 12.0. The fraction of sp³-hybridized carbons (Fsp3) is 0.467. The van der Waals surface area contributed by atoms with Gasteiger partial charge in [-0.2, -0.15) is 0 Å². The summed E-state index contributed by atoms with van der Waals surface area (Å²) in [5, 5.41) is 11.6. The second-order valence-electron chi connectivity index (χ2n) is 5.68. The predicted molar refractivity (Wildman–Crippen MR) is 70.7 cm³/mol. The van der Waals surface area contributed by atoms with E-state index in [9.17, 15) is 9.59 Å². The Morgan fingerprint density at radius 1 is 1.11 bits per heavy atom.